The lowest BCUT2D eigenvalue weighted by molar-refractivity contribution is -0.142. The van der Waals surface area contributed by atoms with Crippen LogP contribution in [0.25, 0.3) is 10.8 Å². The van der Waals surface area contributed by atoms with Gasteiger partial charge in [0, 0.05) is 26.1 Å². The summed E-state index contributed by atoms with van der Waals surface area (Å²) in [6.45, 7) is 5.28. The van der Waals surface area contributed by atoms with Crippen molar-refractivity contribution in [2.75, 3.05) is 31.6 Å². The molecule has 2 aromatic carbocycles. The fraction of sp³-hybridized carbons (Fsp3) is 0.517. The molecule has 0 bridgehead atoms. The van der Waals surface area contributed by atoms with E-state index >= 15 is 0 Å². The van der Waals surface area contributed by atoms with E-state index in [1.807, 2.05) is 53.6 Å². The number of primary amides is 1. The van der Waals surface area contributed by atoms with Crippen LogP contribution < -0.4 is 22.1 Å². The van der Waals surface area contributed by atoms with Crippen LogP contribution in [0.1, 0.15) is 51.5 Å². The minimum atomic E-state index is -1.07. The van der Waals surface area contributed by atoms with Gasteiger partial charge in [-0.25, -0.2) is 4.79 Å². The highest BCUT2D eigenvalue weighted by molar-refractivity contribution is 7.98. The molecule has 0 fully saturated rings. The Morgan fingerprint density at radius 1 is 1.02 bits per heavy atom. The summed E-state index contributed by atoms with van der Waals surface area (Å²) >= 11 is 1.51. The van der Waals surface area contributed by atoms with Crippen LogP contribution in [0.2, 0.25) is 0 Å². The second-order valence-electron chi connectivity index (χ2n) is 9.49. The fourth-order valence-corrected chi connectivity index (χ4v) is 4.19. The van der Waals surface area contributed by atoms with E-state index in [1.54, 1.807) is 0 Å². The summed E-state index contributed by atoms with van der Waals surface area (Å²) < 4.78 is 0. The number of carboxylic acid groups (broad SMARTS) is 1. The van der Waals surface area contributed by atoms with Gasteiger partial charge in [0.2, 0.25) is 17.7 Å². The smallest absolute Gasteiger partial charge is 0.326 e. The number of hydrogen-bond acceptors (Lipinski definition) is 7. The van der Waals surface area contributed by atoms with E-state index < -0.39 is 35.8 Å². The minimum absolute atomic E-state index is 0.0171. The molecule has 10 nitrogen and oxygen atoms in total. The highest BCUT2D eigenvalue weighted by Crippen LogP contribution is 2.20. The first-order valence-corrected chi connectivity index (χ1v) is 15.0. The monoisotopic (exact) mass is 575 g/mol. The summed E-state index contributed by atoms with van der Waals surface area (Å²) in [5.41, 5.74) is 11.9. The maximum atomic E-state index is 12.8. The van der Waals surface area contributed by atoms with Crippen LogP contribution in [0.3, 0.4) is 0 Å². The summed E-state index contributed by atoms with van der Waals surface area (Å²) in [5.74, 6) is -1.81. The van der Waals surface area contributed by atoms with Crippen molar-refractivity contribution in [3.05, 3.63) is 48.0 Å². The van der Waals surface area contributed by atoms with Crippen molar-refractivity contribution >= 4 is 46.2 Å². The topological polar surface area (TPSA) is 168 Å². The maximum Gasteiger partial charge on any atom is 0.326 e. The number of nitrogens with one attached hydrogen (secondary N) is 2. The predicted octanol–water partition coefficient (Wildman–Crippen LogP) is 2.48. The van der Waals surface area contributed by atoms with Gasteiger partial charge in [0.25, 0.3) is 0 Å². The Kier molecular flexibility index (Phi) is 17.3. The van der Waals surface area contributed by atoms with Gasteiger partial charge in [-0.3, -0.25) is 19.3 Å². The maximum absolute atomic E-state index is 12.8. The van der Waals surface area contributed by atoms with Crippen molar-refractivity contribution in [2.24, 2.45) is 11.5 Å². The van der Waals surface area contributed by atoms with Gasteiger partial charge in [0.1, 0.15) is 6.04 Å². The fourth-order valence-electron chi connectivity index (χ4n) is 3.72. The summed E-state index contributed by atoms with van der Waals surface area (Å²) in [6, 6.07) is 12.0. The third kappa shape index (κ3) is 13.8. The summed E-state index contributed by atoms with van der Waals surface area (Å²) in [6.07, 6.45) is 5.00. The molecule has 0 unspecified atom stereocenters. The number of aliphatic carboxylic acids is 1. The van der Waals surface area contributed by atoms with Gasteiger partial charge < -0.3 is 27.2 Å². The number of rotatable bonds is 17. The van der Waals surface area contributed by atoms with Crippen molar-refractivity contribution in [1.29, 1.82) is 0 Å². The van der Waals surface area contributed by atoms with E-state index in [0.717, 1.165) is 16.3 Å². The standard InChI is InChI=1S/C25H35N5O5S.C4H10/c1-36-14-11-21(25(34)35)29-23(32)16-30(13-12-28-24(33)20(26)9-10-22(27)31)15-18-7-4-6-17-5-2-3-8-19(17)18;1-3-4-2/h2-8,20-21H,9-16,26H2,1H3,(H2,27,31)(H,28,33)(H,29,32)(H,34,35);3-4H2,1-2H3/t20-,21-;/m0./s1. The molecule has 0 aliphatic heterocycles. The quantitative estimate of drug-likeness (QED) is 0.192. The van der Waals surface area contributed by atoms with E-state index in [0.29, 0.717) is 25.3 Å². The molecule has 0 radical (unpaired) electrons. The van der Waals surface area contributed by atoms with Gasteiger partial charge in [-0.2, -0.15) is 11.8 Å². The molecule has 2 atom stereocenters. The van der Waals surface area contributed by atoms with Gasteiger partial charge in [-0.05, 0) is 41.2 Å². The molecule has 3 amide bonds. The number of hydrogen-bond donors (Lipinski definition) is 5. The molecule has 0 aliphatic rings. The number of amides is 3. The molecule has 0 heterocycles. The molecule has 222 valence electrons. The number of unbranched alkanes of at least 4 members (excludes halogenated alkanes) is 1. The van der Waals surface area contributed by atoms with Gasteiger partial charge >= 0.3 is 5.97 Å². The molecule has 11 heteroatoms. The van der Waals surface area contributed by atoms with Crippen LogP contribution in [0, 0.1) is 0 Å². The van der Waals surface area contributed by atoms with E-state index in [-0.39, 0.29) is 25.9 Å². The van der Waals surface area contributed by atoms with Crippen LogP contribution in [-0.4, -0.2) is 77.4 Å². The number of carbonyl (C=O) groups is 4. The number of thioether (sulfide) groups is 1. The average Bonchev–Trinajstić information content (AvgIpc) is 2.93. The zero-order valence-electron chi connectivity index (χ0n) is 23.9. The van der Waals surface area contributed by atoms with Crippen LogP contribution in [0.5, 0.6) is 0 Å². The lowest BCUT2D eigenvalue weighted by Crippen LogP contribution is -2.48. The van der Waals surface area contributed by atoms with Crippen molar-refractivity contribution in [3.8, 4) is 0 Å². The van der Waals surface area contributed by atoms with Crippen molar-refractivity contribution in [3.63, 3.8) is 0 Å². The summed E-state index contributed by atoms with van der Waals surface area (Å²) in [4.78, 5) is 49.3. The van der Waals surface area contributed by atoms with Crippen LogP contribution in [0.4, 0.5) is 0 Å². The first-order valence-electron chi connectivity index (χ1n) is 13.6. The van der Waals surface area contributed by atoms with Crippen LogP contribution in [0.15, 0.2) is 42.5 Å². The summed E-state index contributed by atoms with van der Waals surface area (Å²) in [7, 11) is 0. The van der Waals surface area contributed by atoms with Crippen LogP contribution in [-0.2, 0) is 25.7 Å². The lowest BCUT2D eigenvalue weighted by atomic mass is 10.0. The van der Waals surface area contributed by atoms with E-state index in [9.17, 15) is 24.3 Å². The number of nitrogens with zero attached hydrogens (tertiary/aromatic N) is 1. The van der Waals surface area contributed by atoms with E-state index in [4.69, 9.17) is 11.5 Å². The predicted molar refractivity (Wildman–Crippen MR) is 162 cm³/mol. The van der Waals surface area contributed by atoms with Gasteiger partial charge in [-0.1, -0.05) is 69.2 Å². The molecule has 7 N–H and O–H groups in total. The number of benzene rings is 2. The van der Waals surface area contributed by atoms with Crippen molar-refractivity contribution in [2.45, 2.75) is 64.6 Å². The third-order valence-electron chi connectivity index (χ3n) is 6.15. The Morgan fingerprint density at radius 2 is 1.70 bits per heavy atom. The molecular weight excluding hydrogens is 530 g/mol. The SMILES string of the molecule is CCCC.CSCC[C@H](NC(=O)CN(CCNC(=O)[C@@H](N)CCC(N)=O)Cc1cccc2ccccc12)C(=O)O. The van der Waals surface area contributed by atoms with E-state index in [2.05, 4.69) is 24.5 Å². The number of carboxylic acids is 1. The Balaban J connectivity index is 0.00000187. The Hall–Kier alpha value is -3.15. The van der Waals surface area contributed by atoms with Gasteiger partial charge in [0.15, 0.2) is 0 Å². The molecule has 0 aromatic heterocycles. The van der Waals surface area contributed by atoms with Gasteiger partial charge in [-0.15, -0.1) is 0 Å². The minimum Gasteiger partial charge on any atom is -0.480 e. The largest absolute Gasteiger partial charge is 0.480 e. The molecule has 0 saturated carbocycles. The zero-order valence-corrected chi connectivity index (χ0v) is 24.7. The summed E-state index contributed by atoms with van der Waals surface area (Å²) in [5, 5.41) is 16.9. The van der Waals surface area contributed by atoms with Crippen molar-refractivity contribution in [1.82, 2.24) is 15.5 Å². The first-order chi connectivity index (χ1) is 19.1. The Morgan fingerprint density at radius 3 is 2.33 bits per heavy atom. The molecule has 40 heavy (non-hydrogen) atoms. The highest BCUT2D eigenvalue weighted by atomic mass is 32.2. The number of nitrogens with two attached hydrogens (primary N) is 2. The third-order valence-corrected chi connectivity index (χ3v) is 6.79. The molecular formula is C29H45N5O5S. The molecule has 2 rings (SSSR count). The number of carbonyl (C=O) groups excluding carboxylic acids is 3. The van der Waals surface area contributed by atoms with Crippen molar-refractivity contribution < 1.29 is 24.3 Å². The zero-order chi connectivity index (χ0) is 29.9. The molecule has 0 saturated heterocycles. The Labute approximate surface area is 241 Å². The molecule has 0 spiro atoms. The average molecular weight is 576 g/mol. The molecule has 0 aliphatic carbocycles. The van der Waals surface area contributed by atoms with Crippen LogP contribution >= 0.6 is 11.8 Å². The second-order valence-corrected chi connectivity index (χ2v) is 10.5. The van der Waals surface area contributed by atoms with E-state index in [1.165, 1.54) is 24.6 Å². The highest BCUT2D eigenvalue weighted by Gasteiger charge is 2.21. The lowest BCUT2D eigenvalue weighted by Gasteiger charge is -2.24. The Bertz CT molecular complexity index is 1080. The second kappa shape index (κ2) is 19.8. The van der Waals surface area contributed by atoms with Gasteiger partial charge in [0.05, 0.1) is 12.6 Å². The first kappa shape index (κ1) is 34.9. The number of fused-ring (bicyclic) bond motifs is 1. The molecule has 2 aromatic rings. The normalized spacial score (nSPS) is 12.2.